The molecular formula is C15H10ClN3S. The fourth-order valence-corrected chi connectivity index (χ4v) is 2.87. The van der Waals surface area contributed by atoms with Gasteiger partial charge in [-0.2, -0.15) is 5.26 Å². The molecule has 2 aromatic carbocycles. The highest BCUT2D eigenvalue weighted by atomic mass is 35.5. The van der Waals surface area contributed by atoms with Gasteiger partial charge in [-0.15, -0.1) is 0 Å². The van der Waals surface area contributed by atoms with E-state index in [9.17, 15) is 0 Å². The fraction of sp³-hybridized carbons (Fsp3) is 0.0667. The van der Waals surface area contributed by atoms with E-state index in [1.807, 2.05) is 42.5 Å². The molecule has 3 rings (SSSR count). The maximum atomic E-state index is 8.76. The number of halogens is 1. The van der Waals surface area contributed by atoms with E-state index in [0.29, 0.717) is 10.6 Å². The van der Waals surface area contributed by atoms with E-state index < -0.39 is 0 Å². The van der Waals surface area contributed by atoms with Gasteiger partial charge in [-0.3, -0.25) is 0 Å². The second kappa shape index (κ2) is 5.58. The smallest absolute Gasteiger partial charge is 0.166 e. The van der Waals surface area contributed by atoms with E-state index in [1.54, 1.807) is 11.8 Å². The largest absolute Gasteiger partial charge is 0.333 e. The van der Waals surface area contributed by atoms with Crippen LogP contribution in [-0.4, -0.2) is 9.97 Å². The first-order chi connectivity index (χ1) is 9.74. The van der Waals surface area contributed by atoms with Gasteiger partial charge in [-0.05, 0) is 35.9 Å². The normalized spacial score (nSPS) is 10.6. The molecule has 0 saturated carbocycles. The number of nitrogens with zero attached hydrogens (tertiary/aromatic N) is 2. The van der Waals surface area contributed by atoms with Gasteiger partial charge < -0.3 is 4.98 Å². The second-order valence-electron chi connectivity index (χ2n) is 4.30. The highest BCUT2D eigenvalue weighted by Crippen LogP contribution is 2.24. The van der Waals surface area contributed by atoms with Crippen molar-refractivity contribution in [1.82, 2.24) is 9.97 Å². The Morgan fingerprint density at radius 1 is 1.20 bits per heavy atom. The lowest BCUT2D eigenvalue weighted by atomic mass is 10.2. The highest BCUT2D eigenvalue weighted by molar-refractivity contribution is 7.98. The number of fused-ring (bicyclic) bond motifs is 1. The summed E-state index contributed by atoms with van der Waals surface area (Å²) in [5, 5.41) is 10.3. The molecule has 0 saturated heterocycles. The van der Waals surface area contributed by atoms with Crippen molar-refractivity contribution in [3.8, 4) is 6.07 Å². The Morgan fingerprint density at radius 3 is 2.75 bits per heavy atom. The fourth-order valence-electron chi connectivity index (χ4n) is 1.85. The van der Waals surface area contributed by atoms with Crippen LogP contribution >= 0.6 is 23.4 Å². The standard InChI is InChI=1S/C15H10ClN3S/c16-12-5-6-13-14(7-12)19-15(18-13)20-9-11-3-1-10(8-17)2-4-11/h1-7H,9H2,(H,18,19). The minimum absolute atomic E-state index is 0.678. The summed E-state index contributed by atoms with van der Waals surface area (Å²) in [6.45, 7) is 0. The molecule has 0 aliphatic heterocycles. The average molecular weight is 300 g/mol. The molecule has 0 unspecified atom stereocenters. The first-order valence-corrected chi connectivity index (χ1v) is 7.38. The van der Waals surface area contributed by atoms with Gasteiger partial charge in [0.1, 0.15) is 0 Å². The van der Waals surface area contributed by atoms with Crippen LogP contribution in [0.4, 0.5) is 0 Å². The van der Waals surface area contributed by atoms with Gasteiger partial charge in [-0.1, -0.05) is 35.5 Å². The van der Waals surface area contributed by atoms with Gasteiger partial charge in [0.05, 0.1) is 22.7 Å². The van der Waals surface area contributed by atoms with Crippen LogP contribution in [0.2, 0.25) is 5.02 Å². The monoisotopic (exact) mass is 299 g/mol. The van der Waals surface area contributed by atoms with Crippen molar-refractivity contribution in [2.75, 3.05) is 0 Å². The molecule has 98 valence electrons. The molecule has 20 heavy (non-hydrogen) atoms. The molecule has 0 bridgehead atoms. The van der Waals surface area contributed by atoms with Crippen LogP contribution in [-0.2, 0) is 5.75 Å². The number of aromatic nitrogens is 2. The van der Waals surface area contributed by atoms with E-state index in [4.69, 9.17) is 16.9 Å². The van der Waals surface area contributed by atoms with Crippen LogP contribution < -0.4 is 0 Å². The van der Waals surface area contributed by atoms with E-state index in [-0.39, 0.29) is 0 Å². The quantitative estimate of drug-likeness (QED) is 0.730. The number of imidazole rings is 1. The molecular weight excluding hydrogens is 290 g/mol. The number of aromatic amines is 1. The summed E-state index contributed by atoms with van der Waals surface area (Å²) in [6.07, 6.45) is 0. The summed E-state index contributed by atoms with van der Waals surface area (Å²) >= 11 is 7.57. The number of nitriles is 1. The minimum atomic E-state index is 0.678. The third-order valence-electron chi connectivity index (χ3n) is 2.88. The lowest BCUT2D eigenvalue weighted by molar-refractivity contribution is 1.08. The van der Waals surface area contributed by atoms with Crippen LogP contribution in [0.3, 0.4) is 0 Å². The molecule has 0 spiro atoms. The van der Waals surface area contributed by atoms with Gasteiger partial charge in [0.2, 0.25) is 0 Å². The molecule has 0 atom stereocenters. The topological polar surface area (TPSA) is 52.5 Å². The summed E-state index contributed by atoms with van der Waals surface area (Å²) in [6, 6.07) is 15.3. The zero-order valence-electron chi connectivity index (χ0n) is 10.4. The molecule has 3 nitrogen and oxygen atoms in total. The number of hydrogen-bond acceptors (Lipinski definition) is 3. The first kappa shape index (κ1) is 13.0. The summed E-state index contributed by atoms with van der Waals surface area (Å²) in [5.41, 5.74) is 3.70. The van der Waals surface area contributed by atoms with Gasteiger partial charge in [0, 0.05) is 10.8 Å². The van der Waals surface area contributed by atoms with Crippen molar-refractivity contribution >= 4 is 34.4 Å². The minimum Gasteiger partial charge on any atom is -0.333 e. The maximum absolute atomic E-state index is 8.76. The van der Waals surface area contributed by atoms with E-state index >= 15 is 0 Å². The van der Waals surface area contributed by atoms with Crippen LogP contribution in [0.1, 0.15) is 11.1 Å². The van der Waals surface area contributed by atoms with E-state index in [2.05, 4.69) is 16.0 Å². The van der Waals surface area contributed by atoms with Crippen LogP contribution in [0.25, 0.3) is 11.0 Å². The van der Waals surface area contributed by atoms with Gasteiger partial charge in [0.15, 0.2) is 5.16 Å². The molecule has 0 fully saturated rings. The molecule has 1 heterocycles. The molecule has 5 heteroatoms. The summed E-state index contributed by atoms with van der Waals surface area (Å²) in [4.78, 5) is 7.74. The maximum Gasteiger partial charge on any atom is 0.166 e. The van der Waals surface area contributed by atoms with Gasteiger partial charge >= 0.3 is 0 Å². The van der Waals surface area contributed by atoms with Gasteiger partial charge in [-0.25, -0.2) is 4.98 Å². The van der Waals surface area contributed by atoms with Crippen molar-refractivity contribution in [2.45, 2.75) is 10.9 Å². The van der Waals surface area contributed by atoms with E-state index in [0.717, 1.165) is 27.5 Å². The second-order valence-corrected chi connectivity index (χ2v) is 5.70. The number of thioether (sulfide) groups is 1. The first-order valence-electron chi connectivity index (χ1n) is 6.02. The highest BCUT2D eigenvalue weighted by Gasteiger charge is 2.04. The Bertz CT molecular complexity index is 787. The molecule has 0 amide bonds. The molecule has 1 aromatic heterocycles. The van der Waals surface area contributed by atoms with Gasteiger partial charge in [0.25, 0.3) is 0 Å². The average Bonchev–Trinajstić information content (AvgIpc) is 2.87. The lowest BCUT2D eigenvalue weighted by Crippen LogP contribution is -1.82. The van der Waals surface area contributed by atoms with Crippen LogP contribution in [0, 0.1) is 11.3 Å². The lowest BCUT2D eigenvalue weighted by Gasteiger charge is -1.98. The molecule has 0 radical (unpaired) electrons. The molecule has 0 aliphatic rings. The number of H-pyrrole nitrogens is 1. The Morgan fingerprint density at radius 2 is 2.00 bits per heavy atom. The van der Waals surface area contributed by atoms with Crippen molar-refractivity contribution in [3.05, 3.63) is 58.6 Å². The van der Waals surface area contributed by atoms with Crippen molar-refractivity contribution in [1.29, 1.82) is 5.26 Å². The Kier molecular flexibility index (Phi) is 3.64. The molecule has 3 aromatic rings. The summed E-state index contributed by atoms with van der Waals surface area (Å²) < 4.78 is 0. The Hall–Kier alpha value is -1.96. The summed E-state index contributed by atoms with van der Waals surface area (Å²) in [5.74, 6) is 0.805. The van der Waals surface area contributed by atoms with Crippen molar-refractivity contribution < 1.29 is 0 Å². The number of hydrogen-bond donors (Lipinski definition) is 1. The zero-order chi connectivity index (χ0) is 13.9. The van der Waals surface area contributed by atoms with Crippen molar-refractivity contribution in [3.63, 3.8) is 0 Å². The van der Waals surface area contributed by atoms with E-state index in [1.165, 1.54) is 0 Å². The summed E-state index contributed by atoms with van der Waals surface area (Å²) in [7, 11) is 0. The number of nitrogens with one attached hydrogen (secondary N) is 1. The Labute approximate surface area is 125 Å². The third-order valence-corrected chi connectivity index (χ3v) is 4.06. The predicted octanol–water partition coefficient (Wildman–Crippen LogP) is 4.38. The Balaban J connectivity index is 1.74. The molecule has 1 N–H and O–H groups in total. The number of benzene rings is 2. The number of rotatable bonds is 3. The molecule has 0 aliphatic carbocycles. The predicted molar refractivity (Wildman–Crippen MR) is 81.8 cm³/mol. The van der Waals surface area contributed by atoms with Crippen LogP contribution in [0.15, 0.2) is 47.6 Å². The van der Waals surface area contributed by atoms with Crippen LogP contribution in [0.5, 0.6) is 0 Å². The zero-order valence-corrected chi connectivity index (χ0v) is 12.0. The SMILES string of the molecule is N#Cc1ccc(CSc2nc3ccc(Cl)cc3[nH]2)cc1. The van der Waals surface area contributed by atoms with Crippen molar-refractivity contribution in [2.24, 2.45) is 0 Å². The third kappa shape index (κ3) is 2.79.